The van der Waals surface area contributed by atoms with Gasteiger partial charge in [0.1, 0.15) is 0 Å². The van der Waals surface area contributed by atoms with Crippen molar-refractivity contribution in [3.05, 3.63) is 65.2 Å². The maximum atomic E-state index is 13.2. The van der Waals surface area contributed by atoms with Gasteiger partial charge in [0.15, 0.2) is 0 Å². The van der Waals surface area contributed by atoms with E-state index < -0.39 is 0 Å². The summed E-state index contributed by atoms with van der Waals surface area (Å²) in [7, 11) is 0. The molecule has 5 nitrogen and oxygen atoms in total. The Hall–Kier alpha value is -2.82. The number of benzene rings is 2. The molecule has 0 radical (unpaired) electrons. The van der Waals surface area contributed by atoms with E-state index in [0.717, 1.165) is 57.3 Å². The average molecular weight is 392 g/mol. The fourth-order valence-corrected chi connectivity index (χ4v) is 4.48. The smallest absolute Gasteiger partial charge is 0.322 e. The second-order valence-electron chi connectivity index (χ2n) is 8.11. The van der Waals surface area contributed by atoms with Crippen LogP contribution in [0, 0.1) is 6.92 Å². The quantitative estimate of drug-likeness (QED) is 0.836. The van der Waals surface area contributed by atoms with E-state index in [9.17, 15) is 9.59 Å². The molecule has 0 aromatic heterocycles. The third kappa shape index (κ3) is 4.29. The summed E-state index contributed by atoms with van der Waals surface area (Å²) in [6.07, 6.45) is 4.98. The van der Waals surface area contributed by atoms with Gasteiger partial charge in [-0.15, -0.1) is 0 Å². The molecule has 0 saturated carbocycles. The van der Waals surface area contributed by atoms with Crippen LogP contribution in [0.2, 0.25) is 0 Å². The molecule has 0 spiro atoms. The third-order valence-electron chi connectivity index (χ3n) is 6.08. The Morgan fingerprint density at radius 3 is 2.48 bits per heavy atom. The summed E-state index contributed by atoms with van der Waals surface area (Å²) >= 11 is 0. The van der Waals surface area contributed by atoms with Gasteiger partial charge >= 0.3 is 6.03 Å². The van der Waals surface area contributed by atoms with Crippen LogP contribution in [-0.2, 0) is 6.42 Å². The van der Waals surface area contributed by atoms with Crippen molar-refractivity contribution < 1.29 is 9.59 Å². The maximum Gasteiger partial charge on any atom is 0.322 e. The lowest BCUT2D eigenvalue weighted by Gasteiger charge is -2.26. The van der Waals surface area contributed by atoms with E-state index in [4.69, 9.17) is 0 Å². The first-order valence-corrected chi connectivity index (χ1v) is 10.6. The van der Waals surface area contributed by atoms with Crippen LogP contribution in [0.4, 0.5) is 10.5 Å². The molecule has 2 saturated heterocycles. The largest absolute Gasteiger partial charge is 0.339 e. The Bertz CT molecular complexity index is 875. The van der Waals surface area contributed by atoms with Gasteiger partial charge in [-0.05, 0) is 56.2 Å². The zero-order chi connectivity index (χ0) is 20.2. The highest BCUT2D eigenvalue weighted by Gasteiger charge is 2.30. The first-order chi connectivity index (χ1) is 14.1. The Morgan fingerprint density at radius 2 is 1.72 bits per heavy atom. The van der Waals surface area contributed by atoms with Gasteiger partial charge in [-0.25, -0.2) is 4.79 Å². The standard InChI is InChI=1S/C24H29N3O2/c1-18-9-7-13-21(23(28)26-14-5-6-15-26)22(18)25-24(29)27-16-8-12-20(27)17-19-10-3-2-4-11-19/h2-4,7,9-11,13,20H,5-6,8,12,14-17H2,1H3,(H,25,29)/t20-/m1/s1. The molecule has 0 bridgehead atoms. The van der Waals surface area contributed by atoms with Gasteiger partial charge in [0.25, 0.3) is 5.91 Å². The molecular weight excluding hydrogens is 362 g/mol. The number of urea groups is 1. The van der Waals surface area contributed by atoms with Gasteiger partial charge in [-0.2, -0.15) is 0 Å². The van der Waals surface area contributed by atoms with E-state index in [1.807, 2.05) is 53.1 Å². The van der Waals surface area contributed by atoms with Crippen molar-refractivity contribution >= 4 is 17.6 Å². The summed E-state index contributed by atoms with van der Waals surface area (Å²) in [5, 5.41) is 3.08. The number of hydrogen-bond donors (Lipinski definition) is 1. The first-order valence-electron chi connectivity index (χ1n) is 10.6. The fourth-order valence-electron chi connectivity index (χ4n) is 4.48. The summed E-state index contributed by atoms with van der Waals surface area (Å²) < 4.78 is 0. The molecule has 2 heterocycles. The molecule has 2 fully saturated rings. The molecule has 2 aliphatic heterocycles. The normalized spacial score (nSPS) is 18.9. The molecule has 5 heteroatoms. The highest BCUT2D eigenvalue weighted by molar-refractivity contribution is 6.04. The maximum absolute atomic E-state index is 13.2. The summed E-state index contributed by atoms with van der Waals surface area (Å²) in [5.74, 6) is 0.0174. The number of para-hydroxylation sites is 1. The summed E-state index contributed by atoms with van der Waals surface area (Å²) in [6, 6.07) is 16.1. The lowest BCUT2D eigenvalue weighted by molar-refractivity contribution is 0.0793. The summed E-state index contributed by atoms with van der Waals surface area (Å²) in [4.78, 5) is 30.0. The van der Waals surface area contributed by atoms with E-state index >= 15 is 0 Å². The van der Waals surface area contributed by atoms with E-state index in [1.165, 1.54) is 5.56 Å². The SMILES string of the molecule is Cc1cccc(C(=O)N2CCCC2)c1NC(=O)N1CCC[C@@H]1Cc1ccccc1. The number of hydrogen-bond acceptors (Lipinski definition) is 2. The van der Waals surface area contributed by atoms with Crippen LogP contribution in [0.25, 0.3) is 0 Å². The number of nitrogens with zero attached hydrogens (tertiary/aromatic N) is 2. The summed E-state index contributed by atoms with van der Waals surface area (Å²) in [6.45, 7) is 4.29. The number of amides is 3. The van der Waals surface area contributed by atoms with Crippen LogP contribution >= 0.6 is 0 Å². The predicted octanol–water partition coefficient (Wildman–Crippen LogP) is 4.47. The number of aryl methyl sites for hydroxylation is 1. The Labute approximate surface area is 172 Å². The van der Waals surface area contributed by atoms with Crippen molar-refractivity contribution in [2.45, 2.75) is 45.1 Å². The van der Waals surface area contributed by atoms with Crippen LogP contribution in [0.3, 0.4) is 0 Å². The van der Waals surface area contributed by atoms with Crippen molar-refractivity contribution in [3.63, 3.8) is 0 Å². The predicted molar refractivity (Wildman–Crippen MR) is 115 cm³/mol. The van der Waals surface area contributed by atoms with Crippen molar-refractivity contribution in [2.24, 2.45) is 0 Å². The lowest BCUT2D eigenvalue weighted by Crippen LogP contribution is -2.40. The number of carbonyl (C=O) groups excluding carboxylic acids is 2. The highest BCUT2D eigenvalue weighted by atomic mass is 16.2. The Morgan fingerprint density at radius 1 is 0.966 bits per heavy atom. The van der Waals surface area contributed by atoms with Gasteiger partial charge in [0, 0.05) is 25.7 Å². The molecule has 3 amide bonds. The molecular formula is C24H29N3O2. The van der Waals surface area contributed by atoms with E-state index in [-0.39, 0.29) is 18.0 Å². The number of nitrogens with one attached hydrogen (secondary N) is 1. The zero-order valence-electron chi connectivity index (χ0n) is 17.1. The van der Waals surface area contributed by atoms with Gasteiger partial charge in [0.2, 0.25) is 0 Å². The van der Waals surface area contributed by atoms with Crippen LogP contribution in [0.1, 0.15) is 47.2 Å². The molecule has 4 rings (SSSR count). The monoisotopic (exact) mass is 391 g/mol. The molecule has 2 aromatic carbocycles. The molecule has 29 heavy (non-hydrogen) atoms. The van der Waals surface area contributed by atoms with Crippen LogP contribution in [0.15, 0.2) is 48.5 Å². The minimum atomic E-state index is -0.104. The molecule has 0 unspecified atom stereocenters. The zero-order valence-corrected chi connectivity index (χ0v) is 17.1. The van der Waals surface area contributed by atoms with E-state index in [0.29, 0.717) is 11.3 Å². The molecule has 152 valence electrons. The van der Waals surface area contributed by atoms with E-state index in [2.05, 4.69) is 17.4 Å². The van der Waals surface area contributed by atoms with Gasteiger partial charge in [0.05, 0.1) is 11.3 Å². The number of rotatable bonds is 4. The number of likely N-dealkylation sites (tertiary alicyclic amines) is 2. The van der Waals surface area contributed by atoms with Crippen LogP contribution in [-0.4, -0.2) is 47.4 Å². The number of carbonyl (C=O) groups is 2. The van der Waals surface area contributed by atoms with Crippen LogP contribution in [0.5, 0.6) is 0 Å². The van der Waals surface area contributed by atoms with Crippen molar-refractivity contribution in [1.29, 1.82) is 0 Å². The minimum absolute atomic E-state index is 0.0174. The molecule has 2 aliphatic rings. The molecule has 1 atom stereocenters. The van der Waals surface area contributed by atoms with E-state index in [1.54, 1.807) is 0 Å². The second-order valence-corrected chi connectivity index (χ2v) is 8.11. The minimum Gasteiger partial charge on any atom is -0.339 e. The highest BCUT2D eigenvalue weighted by Crippen LogP contribution is 2.27. The molecule has 0 aliphatic carbocycles. The van der Waals surface area contributed by atoms with Crippen molar-refractivity contribution in [2.75, 3.05) is 25.0 Å². The summed E-state index contributed by atoms with van der Waals surface area (Å²) in [5.41, 5.74) is 3.42. The third-order valence-corrected chi connectivity index (χ3v) is 6.08. The first kappa shape index (κ1) is 19.5. The Balaban J connectivity index is 1.51. The van der Waals surface area contributed by atoms with Gasteiger partial charge in [-0.1, -0.05) is 42.5 Å². The lowest BCUT2D eigenvalue weighted by atomic mass is 10.0. The van der Waals surface area contributed by atoms with Gasteiger partial charge in [-0.3, -0.25) is 4.79 Å². The topological polar surface area (TPSA) is 52.7 Å². The Kier molecular flexibility index (Phi) is 5.84. The average Bonchev–Trinajstić information content (AvgIpc) is 3.42. The second kappa shape index (κ2) is 8.68. The molecule has 2 aromatic rings. The van der Waals surface area contributed by atoms with Crippen molar-refractivity contribution in [1.82, 2.24) is 9.80 Å². The fraction of sp³-hybridized carbons (Fsp3) is 0.417. The number of anilines is 1. The van der Waals surface area contributed by atoms with Crippen molar-refractivity contribution in [3.8, 4) is 0 Å². The molecule has 1 N–H and O–H groups in total. The van der Waals surface area contributed by atoms with Gasteiger partial charge < -0.3 is 15.1 Å². The van der Waals surface area contributed by atoms with Crippen LogP contribution < -0.4 is 5.32 Å².